The minimum atomic E-state index is -0.538. The average Bonchev–Trinajstić information content (AvgIpc) is 2.60. The lowest BCUT2D eigenvalue weighted by Crippen LogP contribution is -2.43. The lowest BCUT2D eigenvalue weighted by atomic mass is 10.1. The normalized spacial score (nSPS) is 13.7. The zero-order valence-corrected chi connectivity index (χ0v) is 16.1. The highest BCUT2D eigenvalue weighted by atomic mass is 35.5. The molecule has 1 aliphatic heterocycles. The molecular weight excluding hydrogens is 391 g/mol. The number of piperidine rings is 1. The monoisotopic (exact) mass is 410 g/mol. The molecule has 1 fully saturated rings. The van der Waals surface area contributed by atoms with E-state index in [-0.39, 0.29) is 33.3 Å². The fourth-order valence-electron chi connectivity index (χ4n) is 2.20. The van der Waals surface area contributed by atoms with Crippen molar-refractivity contribution in [1.82, 2.24) is 9.80 Å². The number of rotatable bonds is 3. The number of amides is 2. The Labute approximate surface area is 161 Å². The Bertz CT molecular complexity index is 584. The SMILES string of the molecule is CN(CC(=O)N1CCCCC1)C(=O)CO.Oc1cc(Cl)c(Cl)c(Cl)c1. The molecule has 1 heterocycles. The van der Waals surface area contributed by atoms with E-state index in [1.807, 2.05) is 0 Å². The van der Waals surface area contributed by atoms with Crippen molar-refractivity contribution in [3.63, 3.8) is 0 Å². The summed E-state index contributed by atoms with van der Waals surface area (Å²) in [6.07, 6.45) is 3.27. The van der Waals surface area contributed by atoms with Crippen LogP contribution in [0.15, 0.2) is 12.1 Å². The summed E-state index contributed by atoms with van der Waals surface area (Å²) in [5.74, 6) is -0.432. The quantitative estimate of drug-likeness (QED) is 0.750. The van der Waals surface area contributed by atoms with Crippen molar-refractivity contribution in [1.29, 1.82) is 0 Å². The van der Waals surface area contributed by atoms with Gasteiger partial charge in [-0.1, -0.05) is 34.8 Å². The number of nitrogens with zero attached hydrogens (tertiary/aromatic N) is 2. The first-order chi connectivity index (χ1) is 11.8. The van der Waals surface area contributed by atoms with Crippen LogP contribution in [0.3, 0.4) is 0 Å². The van der Waals surface area contributed by atoms with Gasteiger partial charge in [-0.25, -0.2) is 0 Å². The van der Waals surface area contributed by atoms with Crippen LogP contribution in [0.1, 0.15) is 19.3 Å². The van der Waals surface area contributed by atoms with Gasteiger partial charge in [0.15, 0.2) is 0 Å². The number of aliphatic hydroxyl groups is 1. The Morgan fingerprint density at radius 2 is 1.64 bits per heavy atom. The number of phenolic OH excluding ortho intramolecular Hbond substituents is 1. The predicted octanol–water partition coefficient (Wildman–Crippen LogP) is 2.80. The van der Waals surface area contributed by atoms with Crippen LogP contribution in [0.25, 0.3) is 0 Å². The molecule has 6 nitrogen and oxygen atoms in total. The number of aromatic hydroxyl groups is 1. The topological polar surface area (TPSA) is 81.1 Å². The number of carbonyl (C=O) groups excluding carboxylic acids is 2. The summed E-state index contributed by atoms with van der Waals surface area (Å²) in [7, 11) is 1.53. The molecular formula is C16H21Cl3N2O4. The van der Waals surface area contributed by atoms with Crippen LogP contribution in [0.5, 0.6) is 5.75 Å². The maximum atomic E-state index is 11.7. The fourth-order valence-corrected chi connectivity index (χ4v) is 2.78. The second-order valence-electron chi connectivity index (χ2n) is 5.57. The van der Waals surface area contributed by atoms with Gasteiger partial charge in [-0.2, -0.15) is 0 Å². The molecule has 0 aliphatic carbocycles. The van der Waals surface area contributed by atoms with E-state index in [0.29, 0.717) is 0 Å². The highest BCUT2D eigenvalue weighted by Crippen LogP contribution is 2.33. The van der Waals surface area contributed by atoms with Crippen LogP contribution in [0.4, 0.5) is 0 Å². The molecule has 9 heteroatoms. The van der Waals surface area contributed by atoms with Crippen LogP contribution >= 0.6 is 34.8 Å². The molecule has 1 aliphatic rings. The van der Waals surface area contributed by atoms with Gasteiger partial charge >= 0.3 is 0 Å². The Hall–Kier alpha value is -1.21. The predicted molar refractivity (Wildman–Crippen MR) is 98.3 cm³/mol. The van der Waals surface area contributed by atoms with Crippen LogP contribution in [0, 0.1) is 0 Å². The summed E-state index contributed by atoms with van der Waals surface area (Å²) in [5, 5.41) is 18.3. The first-order valence-corrected chi connectivity index (χ1v) is 8.85. The van der Waals surface area contributed by atoms with Crippen molar-refractivity contribution in [2.24, 2.45) is 0 Å². The Morgan fingerprint density at radius 1 is 1.12 bits per heavy atom. The number of aliphatic hydroxyl groups excluding tert-OH is 1. The van der Waals surface area contributed by atoms with Crippen LogP contribution in [-0.4, -0.2) is 65.1 Å². The van der Waals surface area contributed by atoms with E-state index < -0.39 is 12.5 Å². The number of hydrogen-bond acceptors (Lipinski definition) is 4. The van der Waals surface area contributed by atoms with Crippen LogP contribution < -0.4 is 0 Å². The third kappa shape index (κ3) is 7.28. The molecule has 2 N–H and O–H groups in total. The molecule has 0 atom stereocenters. The van der Waals surface area contributed by atoms with E-state index in [2.05, 4.69) is 0 Å². The van der Waals surface area contributed by atoms with Crippen molar-refractivity contribution in [3.8, 4) is 5.75 Å². The number of carbonyl (C=O) groups is 2. The van der Waals surface area contributed by atoms with Gasteiger partial charge in [-0.15, -0.1) is 0 Å². The Morgan fingerprint density at radius 3 is 2.12 bits per heavy atom. The van der Waals surface area contributed by atoms with Gasteiger partial charge in [0.05, 0.1) is 21.6 Å². The summed E-state index contributed by atoms with van der Waals surface area (Å²) >= 11 is 16.7. The molecule has 0 bridgehead atoms. The molecule has 2 amide bonds. The standard InChI is InChI=1S/C10H18N2O3.C6H3Cl3O/c1-11(10(15)8-13)7-9(14)12-5-3-2-4-6-12;7-4-1-3(10)2-5(8)6(4)9/h13H,2-8H2,1H3;1-2,10H. The second-order valence-corrected chi connectivity index (χ2v) is 6.77. The molecule has 1 aromatic rings. The number of hydrogen-bond donors (Lipinski definition) is 2. The largest absolute Gasteiger partial charge is 0.508 e. The molecule has 1 aromatic carbocycles. The third-order valence-corrected chi connectivity index (χ3v) is 4.81. The number of benzene rings is 1. The van der Waals surface area contributed by atoms with E-state index in [9.17, 15) is 9.59 Å². The maximum Gasteiger partial charge on any atom is 0.248 e. The van der Waals surface area contributed by atoms with Crippen molar-refractivity contribution >= 4 is 46.6 Å². The summed E-state index contributed by atoms with van der Waals surface area (Å²) in [6, 6.07) is 2.66. The van der Waals surface area contributed by atoms with Crippen molar-refractivity contribution in [2.45, 2.75) is 19.3 Å². The van der Waals surface area contributed by atoms with Gasteiger partial charge in [-0.05, 0) is 19.3 Å². The Kier molecular flexibility index (Phi) is 9.35. The van der Waals surface area contributed by atoms with Crippen LogP contribution in [0.2, 0.25) is 15.1 Å². The molecule has 0 saturated carbocycles. The number of likely N-dealkylation sites (N-methyl/N-ethyl adjacent to an activating group) is 1. The molecule has 140 valence electrons. The molecule has 0 aromatic heterocycles. The van der Waals surface area contributed by atoms with E-state index >= 15 is 0 Å². The summed E-state index contributed by atoms with van der Waals surface area (Å²) in [6.45, 7) is 1.11. The number of phenols is 1. The number of halogens is 3. The van der Waals surface area contributed by atoms with Crippen LogP contribution in [-0.2, 0) is 9.59 Å². The number of likely N-dealkylation sites (tertiary alicyclic amines) is 1. The summed E-state index contributed by atoms with van der Waals surface area (Å²) in [4.78, 5) is 25.8. The second kappa shape index (κ2) is 10.7. The summed E-state index contributed by atoms with van der Waals surface area (Å²) in [5.41, 5.74) is 0. The van der Waals surface area contributed by atoms with Crippen molar-refractivity contribution < 1.29 is 19.8 Å². The zero-order valence-electron chi connectivity index (χ0n) is 13.8. The van der Waals surface area contributed by atoms with Gasteiger partial charge in [0.2, 0.25) is 11.8 Å². The summed E-state index contributed by atoms with van der Waals surface area (Å²) < 4.78 is 0. The Balaban J connectivity index is 0.000000271. The lowest BCUT2D eigenvalue weighted by Gasteiger charge is -2.28. The molecule has 0 unspecified atom stereocenters. The van der Waals surface area contributed by atoms with E-state index in [1.165, 1.54) is 30.5 Å². The van der Waals surface area contributed by atoms with Gasteiger partial charge in [0.1, 0.15) is 12.4 Å². The van der Waals surface area contributed by atoms with E-state index in [1.54, 1.807) is 4.90 Å². The molecule has 0 spiro atoms. The molecule has 1 saturated heterocycles. The lowest BCUT2D eigenvalue weighted by molar-refractivity contribution is -0.141. The molecule has 25 heavy (non-hydrogen) atoms. The van der Waals surface area contributed by atoms with Gasteiger partial charge in [0.25, 0.3) is 0 Å². The third-order valence-electron chi connectivity index (χ3n) is 3.61. The first-order valence-electron chi connectivity index (χ1n) is 7.72. The average molecular weight is 412 g/mol. The minimum Gasteiger partial charge on any atom is -0.508 e. The fraction of sp³-hybridized carbons (Fsp3) is 0.500. The zero-order chi connectivity index (χ0) is 19.0. The van der Waals surface area contributed by atoms with Gasteiger partial charge < -0.3 is 20.0 Å². The smallest absolute Gasteiger partial charge is 0.248 e. The molecule has 0 radical (unpaired) electrons. The highest BCUT2D eigenvalue weighted by molar-refractivity contribution is 6.48. The van der Waals surface area contributed by atoms with E-state index in [0.717, 1.165) is 25.9 Å². The first kappa shape index (κ1) is 21.8. The van der Waals surface area contributed by atoms with Gasteiger partial charge in [0, 0.05) is 32.3 Å². The molecule has 2 rings (SSSR count). The van der Waals surface area contributed by atoms with E-state index in [4.69, 9.17) is 45.0 Å². The van der Waals surface area contributed by atoms with Crippen molar-refractivity contribution in [3.05, 3.63) is 27.2 Å². The van der Waals surface area contributed by atoms with Crippen molar-refractivity contribution in [2.75, 3.05) is 33.3 Å². The minimum absolute atomic E-state index is 0.0133. The maximum absolute atomic E-state index is 11.7. The highest BCUT2D eigenvalue weighted by Gasteiger charge is 2.19. The van der Waals surface area contributed by atoms with Gasteiger partial charge in [-0.3, -0.25) is 9.59 Å².